The third-order valence-electron chi connectivity index (χ3n) is 4.16. The first-order valence-electron chi connectivity index (χ1n) is 7.39. The van der Waals surface area contributed by atoms with E-state index >= 15 is 0 Å². The van der Waals surface area contributed by atoms with Gasteiger partial charge in [0.25, 0.3) is 0 Å². The lowest BCUT2D eigenvalue weighted by molar-refractivity contribution is -0.133. The van der Waals surface area contributed by atoms with E-state index in [0.29, 0.717) is 5.92 Å². The van der Waals surface area contributed by atoms with Gasteiger partial charge >= 0.3 is 6.03 Å². The average Bonchev–Trinajstić information content (AvgIpc) is 2.46. The second-order valence-electron chi connectivity index (χ2n) is 5.69. The highest BCUT2D eigenvalue weighted by Crippen LogP contribution is 2.30. The van der Waals surface area contributed by atoms with Crippen molar-refractivity contribution in [3.8, 4) is 0 Å². The van der Waals surface area contributed by atoms with Crippen molar-refractivity contribution in [1.29, 1.82) is 0 Å². The summed E-state index contributed by atoms with van der Waals surface area (Å²) in [6.45, 7) is 5.25. The molecule has 1 saturated heterocycles. The van der Waals surface area contributed by atoms with Crippen LogP contribution in [0.25, 0.3) is 0 Å². The molecule has 0 unspecified atom stereocenters. The fourth-order valence-electron chi connectivity index (χ4n) is 3.00. The lowest BCUT2D eigenvalue weighted by atomic mass is 9.87. The number of piperidine rings is 1. The Bertz CT molecular complexity index is 522. The van der Waals surface area contributed by atoms with Gasteiger partial charge in [-0.2, -0.15) is 0 Å². The second-order valence-corrected chi connectivity index (χ2v) is 5.69. The topological polar surface area (TPSA) is 75.4 Å². The number of nitrogens with zero attached hydrogens (tertiary/aromatic N) is 1. The minimum Gasteiger partial charge on any atom is -0.352 e. The van der Waals surface area contributed by atoms with Gasteiger partial charge in [0.15, 0.2) is 0 Å². The van der Waals surface area contributed by atoms with Crippen LogP contribution in [-0.4, -0.2) is 36.0 Å². The van der Waals surface area contributed by atoms with Crippen LogP contribution in [0, 0.1) is 6.92 Å². The Morgan fingerprint density at radius 3 is 2.48 bits per heavy atom. The van der Waals surface area contributed by atoms with E-state index < -0.39 is 12.1 Å². The number of rotatable bonds is 3. The first-order valence-corrected chi connectivity index (χ1v) is 7.39. The third-order valence-corrected chi connectivity index (χ3v) is 4.16. The summed E-state index contributed by atoms with van der Waals surface area (Å²) in [5, 5.41) is 2.44. The number of nitrogens with one attached hydrogen (secondary N) is 1. The van der Waals surface area contributed by atoms with Gasteiger partial charge in [-0.05, 0) is 43.7 Å². The van der Waals surface area contributed by atoms with Crippen LogP contribution in [0.5, 0.6) is 0 Å². The van der Waals surface area contributed by atoms with E-state index in [9.17, 15) is 9.59 Å². The quantitative estimate of drug-likeness (QED) is 0.889. The molecule has 0 saturated carbocycles. The van der Waals surface area contributed by atoms with E-state index in [1.807, 2.05) is 4.90 Å². The van der Waals surface area contributed by atoms with Crippen LogP contribution in [0.15, 0.2) is 24.3 Å². The Morgan fingerprint density at radius 1 is 1.29 bits per heavy atom. The smallest absolute Gasteiger partial charge is 0.312 e. The molecule has 1 aliphatic rings. The summed E-state index contributed by atoms with van der Waals surface area (Å²) in [5.74, 6) is 0.451. The lowest BCUT2D eigenvalue weighted by Crippen LogP contribution is -2.50. The van der Waals surface area contributed by atoms with E-state index in [4.69, 9.17) is 5.73 Å². The van der Waals surface area contributed by atoms with Crippen molar-refractivity contribution in [1.82, 2.24) is 10.2 Å². The molecule has 1 aliphatic heterocycles. The van der Waals surface area contributed by atoms with Crippen LogP contribution in [0.2, 0.25) is 0 Å². The Morgan fingerprint density at radius 2 is 1.90 bits per heavy atom. The fraction of sp³-hybridized carbons (Fsp3) is 0.500. The van der Waals surface area contributed by atoms with Crippen molar-refractivity contribution in [2.24, 2.45) is 5.73 Å². The van der Waals surface area contributed by atoms with Gasteiger partial charge in [0, 0.05) is 13.1 Å². The van der Waals surface area contributed by atoms with Crippen LogP contribution >= 0.6 is 0 Å². The van der Waals surface area contributed by atoms with Crippen LogP contribution in [0.3, 0.4) is 0 Å². The molecule has 1 atom stereocenters. The van der Waals surface area contributed by atoms with Gasteiger partial charge in [-0.15, -0.1) is 0 Å². The molecule has 0 bridgehead atoms. The van der Waals surface area contributed by atoms with Gasteiger partial charge in [0.05, 0.1) is 0 Å². The highest BCUT2D eigenvalue weighted by Gasteiger charge is 2.27. The highest BCUT2D eigenvalue weighted by atomic mass is 16.2. The molecule has 0 spiro atoms. The third kappa shape index (κ3) is 3.74. The lowest BCUT2D eigenvalue weighted by Gasteiger charge is -2.34. The first kappa shape index (κ1) is 15.4. The number of amides is 3. The van der Waals surface area contributed by atoms with Crippen molar-refractivity contribution in [3.05, 3.63) is 35.4 Å². The Balaban J connectivity index is 1.93. The number of carbonyl (C=O) groups excluding carboxylic acids is 2. The molecule has 1 heterocycles. The molecule has 0 aliphatic carbocycles. The Hall–Kier alpha value is -2.04. The zero-order valence-corrected chi connectivity index (χ0v) is 12.6. The van der Waals surface area contributed by atoms with Crippen LogP contribution in [0.4, 0.5) is 4.79 Å². The molecule has 3 N–H and O–H groups in total. The minimum absolute atomic E-state index is 0.0583. The predicted molar refractivity (Wildman–Crippen MR) is 81.9 cm³/mol. The number of hydrogen-bond acceptors (Lipinski definition) is 2. The van der Waals surface area contributed by atoms with Gasteiger partial charge in [0.2, 0.25) is 5.91 Å². The van der Waals surface area contributed by atoms with E-state index in [1.165, 1.54) is 11.1 Å². The molecule has 114 valence electrons. The maximum absolute atomic E-state index is 12.2. The molecule has 1 fully saturated rings. The van der Waals surface area contributed by atoms with Crippen LogP contribution in [-0.2, 0) is 4.79 Å². The van der Waals surface area contributed by atoms with Gasteiger partial charge in [-0.25, -0.2) is 4.79 Å². The number of nitrogens with two attached hydrogens (primary N) is 1. The van der Waals surface area contributed by atoms with E-state index in [2.05, 4.69) is 36.5 Å². The maximum Gasteiger partial charge on any atom is 0.312 e. The summed E-state index contributed by atoms with van der Waals surface area (Å²) >= 11 is 0. The molecular formula is C16H23N3O2. The van der Waals surface area contributed by atoms with Gasteiger partial charge in [-0.1, -0.05) is 24.3 Å². The number of urea groups is 1. The molecule has 5 nitrogen and oxygen atoms in total. The number of hydrogen-bond donors (Lipinski definition) is 2. The minimum atomic E-state index is -0.661. The molecule has 0 radical (unpaired) electrons. The highest BCUT2D eigenvalue weighted by molar-refractivity contribution is 5.86. The molecular weight excluding hydrogens is 266 g/mol. The maximum atomic E-state index is 12.2. The molecule has 2 rings (SSSR count). The van der Waals surface area contributed by atoms with Crippen LogP contribution in [0.1, 0.15) is 36.8 Å². The average molecular weight is 289 g/mol. The van der Waals surface area contributed by atoms with Crippen molar-refractivity contribution in [2.75, 3.05) is 13.1 Å². The number of benzene rings is 1. The normalized spacial score (nSPS) is 17.3. The van der Waals surface area contributed by atoms with Crippen molar-refractivity contribution in [3.63, 3.8) is 0 Å². The summed E-state index contributed by atoms with van der Waals surface area (Å²) in [5.41, 5.74) is 7.75. The van der Waals surface area contributed by atoms with E-state index in [0.717, 1.165) is 25.9 Å². The summed E-state index contributed by atoms with van der Waals surface area (Å²) in [6.07, 6.45) is 1.92. The molecule has 3 amide bonds. The number of carbonyl (C=O) groups is 2. The molecule has 0 aromatic heterocycles. The number of aryl methyl sites for hydroxylation is 1. The largest absolute Gasteiger partial charge is 0.352 e. The fourth-order valence-corrected chi connectivity index (χ4v) is 3.00. The number of primary amides is 1. The first-order chi connectivity index (χ1) is 9.99. The Kier molecular flexibility index (Phi) is 4.83. The zero-order valence-electron chi connectivity index (χ0n) is 12.6. The standard InChI is InChI=1S/C16H23N3O2/c1-11-5-3-4-6-14(11)13-7-9-19(10-8-13)15(20)12(2)18-16(17)21/h3-6,12-13H,7-10H2,1-2H3,(H3,17,18,21)/t12-/m0/s1. The summed E-state index contributed by atoms with van der Waals surface area (Å²) in [7, 11) is 0. The van der Waals surface area contributed by atoms with Crippen molar-refractivity contribution >= 4 is 11.9 Å². The van der Waals surface area contributed by atoms with Crippen molar-refractivity contribution < 1.29 is 9.59 Å². The summed E-state index contributed by atoms with van der Waals surface area (Å²) in [4.78, 5) is 24.8. The molecule has 5 heteroatoms. The Labute approximate surface area is 125 Å². The molecule has 21 heavy (non-hydrogen) atoms. The SMILES string of the molecule is Cc1ccccc1C1CCN(C(=O)[C@H](C)NC(N)=O)CC1. The predicted octanol–water partition coefficient (Wildman–Crippen LogP) is 1.76. The molecule has 1 aromatic carbocycles. The molecule has 1 aromatic rings. The van der Waals surface area contributed by atoms with E-state index in [1.54, 1.807) is 6.92 Å². The second kappa shape index (κ2) is 6.61. The van der Waals surface area contributed by atoms with Gasteiger partial charge in [0.1, 0.15) is 6.04 Å². The zero-order chi connectivity index (χ0) is 15.4. The summed E-state index contributed by atoms with van der Waals surface area (Å²) in [6, 6.07) is 7.21. The van der Waals surface area contributed by atoms with Crippen molar-refractivity contribution in [2.45, 2.75) is 38.6 Å². The monoisotopic (exact) mass is 289 g/mol. The number of likely N-dealkylation sites (tertiary alicyclic amines) is 1. The van der Waals surface area contributed by atoms with Gasteiger partial charge < -0.3 is 16.0 Å². The van der Waals surface area contributed by atoms with E-state index in [-0.39, 0.29) is 5.91 Å². The van der Waals surface area contributed by atoms with Crippen LogP contribution < -0.4 is 11.1 Å². The van der Waals surface area contributed by atoms with Gasteiger partial charge in [-0.3, -0.25) is 4.79 Å². The summed E-state index contributed by atoms with van der Waals surface area (Å²) < 4.78 is 0.